The molecule has 1 heterocycles. The van der Waals surface area contributed by atoms with Crippen molar-refractivity contribution < 1.29 is 9.59 Å². The van der Waals surface area contributed by atoms with Crippen molar-refractivity contribution in [3.05, 3.63) is 11.1 Å². The van der Waals surface area contributed by atoms with Gasteiger partial charge in [0.2, 0.25) is 5.91 Å². The fourth-order valence-corrected chi connectivity index (χ4v) is 2.98. The average Bonchev–Trinajstić information content (AvgIpc) is 2.94. The summed E-state index contributed by atoms with van der Waals surface area (Å²) >= 11 is 1.27. The van der Waals surface area contributed by atoms with Gasteiger partial charge in [0, 0.05) is 24.4 Å². The van der Waals surface area contributed by atoms with E-state index in [1.807, 2.05) is 0 Å². The van der Waals surface area contributed by atoms with Crippen molar-refractivity contribution in [2.75, 3.05) is 18.4 Å². The monoisotopic (exact) mass is 296 g/mol. The van der Waals surface area contributed by atoms with Crippen molar-refractivity contribution in [1.82, 2.24) is 10.3 Å². The Morgan fingerprint density at radius 3 is 2.80 bits per heavy atom. The number of carbonyl (C=O) groups is 2. The van der Waals surface area contributed by atoms with Gasteiger partial charge in [-0.15, -0.1) is 11.3 Å². The van der Waals surface area contributed by atoms with Crippen LogP contribution in [-0.2, 0) is 4.79 Å². The second-order valence-electron chi connectivity index (χ2n) is 4.91. The minimum Gasteiger partial charge on any atom is -0.349 e. The summed E-state index contributed by atoms with van der Waals surface area (Å²) in [4.78, 5) is 27.9. The first-order valence-electron chi connectivity index (χ1n) is 6.95. The Kier molecular flexibility index (Phi) is 5.49. The Labute approximate surface area is 122 Å². The molecular formula is C13H20N4O2S. The van der Waals surface area contributed by atoms with Gasteiger partial charge in [0.15, 0.2) is 5.13 Å². The Hall–Kier alpha value is -1.47. The summed E-state index contributed by atoms with van der Waals surface area (Å²) in [6.07, 6.45) is 5.33. The number of aromatic nitrogens is 1. The predicted octanol–water partition coefficient (Wildman–Crippen LogP) is 1.35. The zero-order valence-electron chi connectivity index (χ0n) is 11.4. The Balaban J connectivity index is 1.88. The van der Waals surface area contributed by atoms with E-state index in [1.54, 1.807) is 5.38 Å². The molecule has 0 saturated heterocycles. The normalized spacial score (nSPS) is 15.8. The fraction of sp³-hybridized carbons (Fsp3) is 0.615. The van der Waals surface area contributed by atoms with Crippen molar-refractivity contribution in [2.24, 2.45) is 11.7 Å². The second kappa shape index (κ2) is 7.35. The number of anilines is 1. The molecule has 0 unspecified atom stereocenters. The van der Waals surface area contributed by atoms with E-state index >= 15 is 0 Å². The molecule has 1 fully saturated rings. The molecule has 1 saturated carbocycles. The molecule has 7 heteroatoms. The Morgan fingerprint density at radius 2 is 2.10 bits per heavy atom. The lowest BCUT2D eigenvalue weighted by atomic mass is 9.89. The molecule has 4 N–H and O–H groups in total. The first-order valence-corrected chi connectivity index (χ1v) is 7.83. The van der Waals surface area contributed by atoms with E-state index in [0.29, 0.717) is 23.9 Å². The van der Waals surface area contributed by atoms with E-state index < -0.39 is 0 Å². The standard InChI is InChI=1S/C13H20N4O2S/c14-6-7-15-12(19)10-8-20-13(16-10)17-11(18)9-4-2-1-3-5-9/h8-9H,1-7,14H2,(H,15,19)(H,16,17,18). The van der Waals surface area contributed by atoms with Crippen molar-refractivity contribution in [3.63, 3.8) is 0 Å². The van der Waals surface area contributed by atoms with E-state index in [4.69, 9.17) is 5.73 Å². The summed E-state index contributed by atoms with van der Waals surface area (Å²) in [5, 5.41) is 7.58. The van der Waals surface area contributed by atoms with Crippen LogP contribution < -0.4 is 16.4 Å². The van der Waals surface area contributed by atoms with Gasteiger partial charge in [0.25, 0.3) is 5.91 Å². The van der Waals surface area contributed by atoms with Gasteiger partial charge >= 0.3 is 0 Å². The molecule has 0 atom stereocenters. The minimum atomic E-state index is -0.259. The van der Waals surface area contributed by atoms with E-state index in [1.165, 1.54) is 17.8 Å². The highest BCUT2D eigenvalue weighted by atomic mass is 32.1. The molecule has 1 aromatic rings. The zero-order valence-corrected chi connectivity index (χ0v) is 12.2. The Bertz CT molecular complexity index is 469. The van der Waals surface area contributed by atoms with Gasteiger partial charge in [-0.05, 0) is 12.8 Å². The van der Waals surface area contributed by atoms with Gasteiger partial charge in [-0.2, -0.15) is 0 Å². The van der Waals surface area contributed by atoms with Crippen LogP contribution in [0, 0.1) is 5.92 Å². The summed E-state index contributed by atoms with van der Waals surface area (Å²) in [6, 6.07) is 0. The molecule has 1 aliphatic carbocycles. The number of amides is 2. The highest BCUT2D eigenvalue weighted by Gasteiger charge is 2.22. The third kappa shape index (κ3) is 4.01. The lowest BCUT2D eigenvalue weighted by molar-refractivity contribution is -0.120. The third-order valence-corrected chi connectivity index (χ3v) is 4.13. The number of thiazole rings is 1. The molecule has 1 aromatic heterocycles. The van der Waals surface area contributed by atoms with Crippen molar-refractivity contribution in [2.45, 2.75) is 32.1 Å². The number of nitrogens with two attached hydrogens (primary N) is 1. The smallest absolute Gasteiger partial charge is 0.270 e. The number of rotatable bonds is 5. The molecule has 20 heavy (non-hydrogen) atoms. The predicted molar refractivity (Wildman–Crippen MR) is 78.7 cm³/mol. The van der Waals surface area contributed by atoms with E-state index in [9.17, 15) is 9.59 Å². The maximum atomic E-state index is 12.1. The number of carbonyl (C=O) groups excluding carboxylic acids is 2. The van der Waals surface area contributed by atoms with Crippen LogP contribution in [0.3, 0.4) is 0 Å². The molecule has 0 bridgehead atoms. The van der Waals surface area contributed by atoms with Gasteiger partial charge in [0.05, 0.1) is 0 Å². The summed E-state index contributed by atoms with van der Waals surface area (Å²) in [5.74, 6) is -0.153. The van der Waals surface area contributed by atoms with Gasteiger partial charge in [0.1, 0.15) is 5.69 Å². The van der Waals surface area contributed by atoms with Crippen LogP contribution in [0.15, 0.2) is 5.38 Å². The van der Waals surface area contributed by atoms with Gasteiger partial charge in [-0.25, -0.2) is 4.98 Å². The van der Waals surface area contributed by atoms with Crippen LogP contribution in [-0.4, -0.2) is 29.9 Å². The summed E-state index contributed by atoms with van der Waals surface area (Å²) in [7, 11) is 0. The molecular weight excluding hydrogens is 276 g/mol. The van der Waals surface area contributed by atoms with Crippen LogP contribution >= 0.6 is 11.3 Å². The number of hydrogen-bond donors (Lipinski definition) is 3. The molecule has 6 nitrogen and oxygen atoms in total. The highest BCUT2D eigenvalue weighted by Crippen LogP contribution is 2.25. The van der Waals surface area contributed by atoms with Crippen LogP contribution in [0.4, 0.5) is 5.13 Å². The van der Waals surface area contributed by atoms with Crippen LogP contribution in [0.5, 0.6) is 0 Å². The molecule has 110 valence electrons. The number of nitrogens with one attached hydrogen (secondary N) is 2. The first-order chi connectivity index (χ1) is 9.70. The summed E-state index contributed by atoms with van der Waals surface area (Å²) < 4.78 is 0. The molecule has 2 rings (SSSR count). The maximum absolute atomic E-state index is 12.1. The largest absolute Gasteiger partial charge is 0.349 e. The minimum absolute atomic E-state index is 0.0213. The topological polar surface area (TPSA) is 97.1 Å². The molecule has 0 aromatic carbocycles. The van der Waals surface area contributed by atoms with E-state index in [0.717, 1.165) is 25.7 Å². The average molecular weight is 296 g/mol. The van der Waals surface area contributed by atoms with Crippen LogP contribution in [0.2, 0.25) is 0 Å². The molecule has 0 spiro atoms. The number of nitrogens with zero attached hydrogens (tertiary/aromatic N) is 1. The Morgan fingerprint density at radius 1 is 1.35 bits per heavy atom. The van der Waals surface area contributed by atoms with E-state index in [-0.39, 0.29) is 17.7 Å². The second-order valence-corrected chi connectivity index (χ2v) is 5.76. The SMILES string of the molecule is NCCNC(=O)c1csc(NC(=O)C2CCCCC2)n1. The van der Waals surface area contributed by atoms with E-state index in [2.05, 4.69) is 15.6 Å². The van der Waals surface area contributed by atoms with Crippen molar-refractivity contribution in [1.29, 1.82) is 0 Å². The van der Waals surface area contributed by atoms with Crippen molar-refractivity contribution in [3.8, 4) is 0 Å². The molecule has 0 radical (unpaired) electrons. The molecule has 2 amide bonds. The van der Waals surface area contributed by atoms with Gasteiger partial charge in [-0.1, -0.05) is 19.3 Å². The third-order valence-electron chi connectivity index (χ3n) is 3.37. The van der Waals surface area contributed by atoms with Crippen LogP contribution in [0.25, 0.3) is 0 Å². The lowest BCUT2D eigenvalue weighted by Crippen LogP contribution is -2.29. The summed E-state index contributed by atoms with van der Waals surface area (Å²) in [6.45, 7) is 0.807. The highest BCUT2D eigenvalue weighted by molar-refractivity contribution is 7.14. The number of hydrogen-bond acceptors (Lipinski definition) is 5. The molecule has 1 aliphatic rings. The fourth-order valence-electron chi connectivity index (χ4n) is 2.28. The quantitative estimate of drug-likeness (QED) is 0.764. The first kappa shape index (κ1) is 14.9. The molecule has 0 aliphatic heterocycles. The summed E-state index contributed by atoms with van der Waals surface area (Å²) in [5.41, 5.74) is 5.64. The maximum Gasteiger partial charge on any atom is 0.270 e. The van der Waals surface area contributed by atoms with Gasteiger partial charge in [-0.3, -0.25) is 9.59 Å². The zero-order chi connectivity index (χ0) is 14.4. The lowest BCUT2D eigenvalue weighted by Gasteiger charge is -2.19. The van der Waals surface area contributed by atoms with Gasteiger partial charge < -0.3 is 16.4 Å². The van der Waals surface area contributed by atoms with Crippen molar-refractivity contribution >= 4 is 28.3 Å². The van der Waals surface area contributed by atoms with Crippen LogP contribution in [0.1, 0.15) is 42.6 Å².